The minimum absolute atomic E-state index is 0.0333. The van der Waals surface area contributed by atoms with Gasteiger partial charge in [0.1, 0.15) is 23.7 Å². The highest BCUT2D eigenvalue weighted by Crippen LogP contribution is 2.32. The molecular weight excluding hydrogens is 288 g/mol. The van der Waals surface area contributed by atoms with Crippen molar-refractivity contribution in [1.82, 2.24) is 4.98 Å². The van der Waals surface area contributed by atoms with E-state index in [9.17, 15) is 4.79 Å². The van der Waals surface area contributed by atoms with Crippen LogP contribution in [0.25, 0.3) is 10.2 Å². The average Bonchev–Trinajstić information content (AvgIpc) is 2.82. The third-order valence-electron chi connectivity index (χ3n) is 2.21. The zero-order valence-corrected chi connectivity index (χ0v) is 11.5. The SMILES string of the molecule is C=CCOC(=O)OCc1nc2c(Cl)c(N)ccc2s1. The smallest absolute Gasteiger partial charge is 0.430 e. The van der Waals surface area contributed by atoms with E-state index in [1.807, 2.05) is 6.07 Å². The zero-order valence-electron chi connectivity index (χ0n) is 9.89. The minimum Gasteiger partial charge on any atom is -0.430 e. The van der Waals surface area contributed by atoms with Crippen LogP contribution >= 0.6 is 22.9 Å². The van der Waals surface area contributed by atoms with Gasteiger partial charge in [0, 0.05) is 0 Å². The standard InChI is InChI=1S/C12H11ClN2O3S/c1-2-5-17-12(16)18-6-9-15-11-8(19-9)4-3-7(14)10(11)13/h2-4H,1,5-6,14H2. The molecule has 1 aromatic heterocycles. The van der Waals surface area contributed by atoms with Gasteiger partial charge >= 0.3 is 6.16 Å². The van der Waals surface area contributed by atoms with Crippen molar-refractivity contribution in [3.05, 3.63) is 34.8 Å². The summed E-state index contributed by atoms with van der Waals surface area (Å²) in [5, 5.41) is 1.03. The van der Waals surface area contributed by atoms with Crippen molar-refractivity contribution in [1.29, 1.82) is 0 Å². The summed E-state index contributed by atoms with van der Waals surface area (Å²) in [7, 11) is 0. The summed E-state index contributed by atoms with van der Waals surface area (Å²) >= 11 is 7.43. The Balaban J connectivity index is 2.08. The van der Waals surface area contributed by atoms with E-state index in [-0.39, 0.29) is 13.2 Å². The van der Waals surface area contributed by atoms with Crippen molar-refractivity contribution in [3.63, 3.8) is 0 Å². The van der Waals surface area contributed by atoms with E-state index < -0.39 is 6.16 Å². The highest BCUT2D eigenvalue weighted by molar-refractivity contribution is 7.18. The van der Waals surface area contributed by atoms with Crippen LogP contribution in [0.3, 0.4) is 0 Å². The first kappa shape index (κ1) is 13.6. The van der Waals surface area contributed by atoms with E-state index in [0.29, 0.717) is 21.2 Å². The molecule has 2 rings (SSSR count). The monoisotopic (exact) mass is 298 g/mol. The number of anilines is 1. The van der Waals surface area contributed by atoms with Gasteiger partial charge in [-0.3, -0.25) is 0 Å². The van der Waals surface area contributed by atoms with Crippen molar-refractivity contribution < 1.29 is 14.3 Å². The molecule has 0 aliphatic heterocycles. The number of carbonyl (C=O) groups is 1. The quantitative estimate of drug-likeness (QED) is 0.532. The number of benzene rings is 1. The fourth-order valence-corrected chi connectivity index (χ4v) is 2.53. The number of halogens is 1. The number of thiazole rings is 1. The lowest BCUT2D eigenvalue weighted by Gasteiger charge is -2.01. The Labute approximate surface area is 118 Å². The molecular formula is C12H11ClN2O3S. The number of aromatic nitrogens is 1. The van der Waals surface area contributed by atoms with Crippen LogP contribution in [0.2, 0.25) is 5.02 Å². The molecule has 5 nitrogen and oxygen atoms in total. The van der Waals surface area contributed by atoms with Crippen molar-refractivity contribution in [2.45, 2.75) is 6.61 Å². The predicted octanol–water partition coefficient (Wildman–Crippen LogP) is 3.37. The van der Waals surface area contributed by atoms with Gasteiger partial charge < -0.3 is 15.2 Å². The highest BCUT2D eigenvalue weighted by Gasteiger charge is 2.11. The molecule has 0 atom stereocenters. The lowest BCUT2D eigenvalue weighted by molar-refractivity contribution is 0.0577. The van der Waals surface area contributed by atoms with E-state index in [2.05, 4.69) is 16.3 Å². The Bertz CT molecular complexity index is 627. The number of rotatable bonds is 4. The predicted molar refractivity (Wildman–Crippen MR) is 75.4 cm³/mol. The largest absolute Gasteiger partial charge is 0.509 e. The third kappa shape index (κ3) is 3.15. The summed E-state index contributed by atoms with van der Waals surface area (Å²) in [5.41, 5.74) is 6.78. The number of nitrogen functional groups attached to an aromatic ring is 1. The molecule has 0 saturated heterocycles. The van der Waals surface area contributed by atoms with Crippen LogP contribution in [0.4, 0.5) is 10.5 Å². The fourth-order valence-electron chi connectivity index (χ4n) is 1.37. The lowest BCUT2D eigenvalue weighted by atomic mass is 10.3. The fraction of sp³-hybridized carbons (Fsp3) is 0.167. The molecule has 1 heterocycles. The molecule has 0 spiro atoms. The molecule has 0 unspecified atom stereocenters. The molecule has 2 N–H and O–H groups in total. The summed E-state index contributed by atoms with van der Waals surface area (Å²) in [6, 6.07) is 3.54. The van der Waals surface area contributed by atoms with Crippen LogP contribution in [0, 0.1) is 0 Å². The molecule has 100 valence electrons. The number of nitrogens with zero attached hydrogens (tertiary/aromatic N) is 1. The van der Waals surface area contributed by atoms with E-state index in [1.165, 1.54) is 17.4 Å². The van der Waals surface area contributed by atoms with Crippen LogP contribution < -0.4 is 5.73 Å². The topological polar surface area (TPSA) is 74.4 Å². The van der Waals surface area contributed by atoms with Crippen LogP contribution in [-0.4, -0.2) is 17.7 Å². The molecule has 0 aliphatic carbocycles. The van der Waals surface area contributed by atoms with Gasteiger partial charge in [0.05, 0.1) is 15.4 Å². The molecule has 7 heteroatoms. The third-order valence-corrected chi connectivity index (χ3v) is 3.60. The van der Waals surface area contributed by atoms with E-state index >= 15 is 0 Å². The molecule has 0 bridgehead atoms. The molecule has 1 aromatic carbocycles. The van der Waals surface area contributed by atoms with Crippen LogP contribution in [0.5, 0.6) is 0 Å². The zero-order chi connectivity index (χ0) is 13.8. The number of fused-ring (bicyclic) bond motifs is 1. The molecule has 0 fully saturated rings. The summed E-state index contributed by atoms with van der Waals surface area (Å²) in [5.74, 6) is 0. The highest BCUT2D eigenvalue weighted by atomic mass is 35.5. The second-order valence-corrected chi connectivity index (χ2v) is 5.05. The van der Waals surface area contributed by atoms with Gasteiger partial charge in [-0.1, -0.05) is 24.3 Å². The van der Waals surface area contributed by atoms with Crippen molar-refractivity contribution in [3.8, 4) is 0 Å². The Hall–Kier alpha value is -1.79. The van der Waals surface area contributed by atoms with Crippen LogP contribution in [-0.2, 0) is 16.1 Å². The Morgan fingerprint density at radius 1 is 1.53 bits per heavy atom. The second-order valence-electron chi connectivity index (χ2n) is 3.56. The Morgan fingerprint density at radius 2 is 2.32 bits per heavy atom. The first-order valence-corrected chi connectivity index (χ1v) is 6.55. The van der Waals surface area contributed by atoms with Gasteiger partial charge in [0.2, 0.25) is 0 Å². The molecule has 0 radical (unpaired) electrons. The Kier molecular flexibility index (Phi) is 4.24. The van der Waals surface area contributed by atoms with Gasteiger partial charge in [0.15, 0.2) is 0 Å². The van der Waals surface area contributed by atoms with E-state index in [1.54, 1.807) is 6.07 Å². The molecule has 0 amide bonds. The first-order chi connectivity index (χ1) is 9.11. The van der Waals surface area contributed by atoms with Gasteiger partial charge in [-0.05, 0) is 12.1 Å². The lowest BCUT2D eigenvalue weighted by Crippen LogP contribution is -2.07. The van der Waals surface area contributed by atoms with Gasteiger partial charge in [0.25, 0.3) is 0 Å². The number of hydrogen-bond acceptors (Lipinski definition) is 6. The Morgan fingerprint density at radius 3 is 3.05 bits per heavy atom. The van der Waals surface area contributed by atoms with Crippen molar-refractivity contribution in [2.24, 2.45) is 0 Å². The number of ether oxygens (including phenoxy) is 2. The molecule has 0 saturated carbocycles. The van der Waals surface area contributed by atoms with E-state index in [4.69, 9.17) is 22.1 Å². The van der Waals surface area contributed by atoms with Crippen LogP contribution in [0.1, 0.15) is 5.01 Å². The number of hydrogen-bond donors (Lipinski definition) is 1. The normalized spacial score (nSPS) is 10.4. The first-order valence-electron chi connectivity index (χ1n) is 5.35. The maximum Gasteiger partial charge on any atom is 0.509 e. The van der Waals surface area contributed by atoms with Crippen LogP contribution in [0.15, 0.2) is 24.8 Å². The average molecular weight is 299 g/mol. The molecule has 19 heavy (non-hydrogen) atoms. The summed E-state index contributed by atoms with van der Waals surface area (Å²) in [6.07, 6.45) is 0.700. The molecule has 2 aromatic rings. The van der Waals surface area contributed by atoms with Gasteiger partial charge in [-0.2, -0.15) is 0 Å². The maximum absolute atomic E-state index is 11.2. The maximum atomic E-state index is 11.2. The summed E-state index contributed by atoms with van der Waals surface area (Å²) < 4.78 is 10.5. The number of nitrogens with two attached hydrogens (primary N) is 1. The van der Waals surface area contributed by atoms with Gasteiger partial charge in [-0.15, -0.1) is 11.3 Å². The van der Waals surface area contributed by atoms with Gasteiger partial charge in [-0.25, -0.2) is 9.78 Å². The van der Waals surface area contributed by atoms with E-state index in [0.717, 1.165) is 4.70 Å². The van der Waals surface area contributed by atoms with Crippen molar-refractivity contribution >= 4 is 45.0 Å². The minimum atomic E-state index is -0.759. The second kappa shape index (κ2) is 5.90. The summed E-state index contributed by atoms with van der Waals surface area (Å²) in [4.78, 5) is 15.4. The van der Waals surface area contributed by atoms with Crippen molar-refractivity contribution in [2.75, 3.05) is 12.3 Å². The summed E-state index contributed by atoms with van der Waals surface area (Å²) in [6.45, 7) is 3.57. The number of carbonyl (C=O) groups excluding carboxylic acids is 1. The molecule has 0 aliphatic rings.